The number of pyridine rings is 1. The lowest BCUT2D eigenvalue weighted by Gasteiger charge is -2.59. The lowest BCUT2D eigenvalue weighted by atomic mass is 9.81. The molecule has 7 nitrogen and oxygen atoms in total. The monoisotopic (exact) mass is 542 g/mol. The Labute approximate surface area is 200 Å². The van der Waals surface area contributed by atoms with Crippen molar-refractivity contribution in [2.75, 3.05) is 24.5 Å². The van der Waals surface area contributed by atoms with Crippen LogP contribution in [0.5, 0.6) is 0 Å². The predicted molar refractivity (Wildman–Crippen MR) is 116 cm³/mol. The fourth-order valence-electron chi connectivity index (χ4n) is 4.44. The molecule has 2 aliphatic heterocycles. The van der Waals surface area contributed by atoms with Crippen LogP contribution in [0.15, 0.2) is 41.0 Å². The van der Waals surface area contributed by atoms with Gasteiger partial charge in [0.05, 0.1) is 24.7 Å². The quantitative estimate of drug-likeness (QED) is 0.556. The molecule has 1 spiro atoms. The van der Waals surface area contributed by atoms with E-state index >= 15 is 0 Å². The normalized spacial score (nSPS) is 18.9. The number of aromatic nitrogens is 1. The van der Waals surface area contributed by atoms with Crippen molar-refractivity contribution in [2.24, 2.45) is 0 Å². The number of benzene rings is 1. The fourth-order valence-corrected chi connectivity index (χ4v) is 4.74. The molecule has 2 aromatic rings. The van der Waals surface area contributed by atoms with Gasteiger partial charge >= 0.3 is 6.18 Å². The molecular formula is C22H19BrF4N4O3. The van der Waals surface area contributed by atoms with Crippen molar-refractivity contribution in [3.05, 3.63) is 57.9 Å². The highest BCUT2D eigenvalue weighted by Crippen LogP contribution is 2.41. The van der Waals surface area contributed by atoms with Crippen LogP contribution >= 0.6 is 15.9 Å². The van der Waals surface area contributed by atoms with Crippen molar-refractivity contribution < 1.29 is 31.9 Å². The summed E-state index contributed by atoms with van der Waals surface area (Å²) in [7, 11) is 0. The van der Waals surface area contributed by atoms with Crippen LogP contribution in [0, 0.1) is 5.82 Å². The van der Waals surface area contributed by atoms with E-state index in [-0.39, 0.29) is 24.8 Å². The number of hydrogen-bond donors (Lipinski definition) is 0. The maximum atomic E-state index is 14.6. The first-order valence-electron chi connectivity index (χ1n) is 10.2. The van der Waals surface area contributed by atoms with E-state index in [2.05, 4.69) is 20.9 Å². The van der Waals surface area contributed by atoms with Crippen molar-refractivity contribution in [3.8, 4) is 0 Å². The molecule has 0 radical (unpaired) electrons. The van der Waals surface area contributed by atoms with Crippen molar-refractivity contribution >= 4 is 39.5 Å². The van der Waals surface area contributed by atoms with Crippen LogP contribution in [-0.4, -0.2) is 57.7 Å². The minimum absolute atomic E-state index is 0.119. The largest absolute Gasteiger partial charge is 0.416 e. The van der Waals surface area contributed by atoms with Gasteiger partial charge in [0.15, 0.2) is 17.2 Å². The molecule has 0 bridgehead atoms. The van der Waals surface area contributed by atoms with Crippen LogP contribution in [0.4, 0.5) is 23.4 Å². The van der Waals surface area contributed by atoms with E-state index in [0.717, 1.165) is 23.1 Å². The highest BCUT2D eigenvalue weighted by atomic mass is 79.9. The van der Waals surface area contributed by atoms with Gasteiger partial charge in [-0.1, -0.05) is 12.1 Å². The van der Waals surface area contributed by atoms with E-state index in [1.54, 1.807) is 6.92 Å². The molecule has 4 rings (SSSR count). The molecule has 2 fully saturated rings. The maximum absolute atomic E-state index is 14.6. The van der Waals surface area contributed by atoms with Crippen molar-refractivity contribution in [1.82, 2.24) is 14.8 Å². The molecule has 0 aliphatic carbocycles. The molecule has 0 saturated carbocycles. The smallest absolute Gasteiger partial charge is 0.337 e. The van der Waals surface area contributed by atoms with E-state index in [4.69, 9.17) is 0 Å². The Bertz CT molecular complexity index is 1170. The standard InChI is InChI=1S/C22H19BrF4N4O3/c1-12(14-3-5-15(6-4-14)22(25,26)27)31-18(33)9-30(19-17(24)7-16(23)8-28-19)20(34)21(31)10-29(11-21)13(2)32/h3-8,12H,9-11H2,1-2H3/t12-/m0/s1. The van der Waals surface area contributed by atoms with Crippen molar-refractivity contribution in [1.29, 1.82) is 0 Å². The van der Waals surface area contributed by atoms with Gasteiger partial charge < -0.3 is 9.80 Å². The van der Waals surface area contributed by atoms with Gasteiger partial charge in [-0.3, -0.25) is 19.3 Å². The van der Waals surface area contributed by atoms with Crippen LogP contribution < -0.4 is 4.90 Å². The number of nitrogens with zero attached hydrogens (tertiary/aromatic N) is 4. The molecule has 2 aliphatic rings. The van der Waals surface area contributed by atoms with E-state index in [1.165, 1.54) is 35.1 Å². The average molecular weight is 543 g/mol. The number of carbonyl (C=O) groups is 3. The third kappa shape index (κ3) is 3.93. The molecule has 0 N–H and O–H groups in total. The number of anilines is 1. The second-order valence-corrected chi connectivity index (χ2v) is 9.23. The molecule has 3 amide bonds. The lowest BCUT2D eigenvalue weighted by molar-refractivity contribution is -0.172. The zero-order chi connectivity index (χ0) is 25.0. The lowest BCUT2D eigenvalue weighted by Crippen LogP contribution is -2.81. The first-order chi connectivity index (χ1) is 15.8. The Balaban J connectivity index is 1.72. The Morgan fingerprint density at radius 2 is 1.79 bits per heavy atom. The van der Waals surface area contributed by atoms with Crippen LogP contribution in [-0.2, 0) is 20.6 Å². The summed E-state index contributed by atoms with van der Waals surface area (Å²) >= 11 is 3.09. The summed E-state index contributed by atoms with van der Waals surface area (Å²) in [5.74, 6) is -2.59. The third-order valence-corrected chi connectivity index (χ3v) is 6.60. The Morgan fingerprint density at radius 3 is 2.32 bits per heavy atom. The van der Waals surface area contributed by atoms with Gasteiger partial charge in [-0.25, -0.2) is 9.37 Å². The van der Waals surface area contributed by atoms with Crippen LogP contribution in [0.1, 0.15) is 31.0 Å². The van der Waals surface area contributed by atoms with Gasteiger partial charge in [0.1, 0.15) is 6.54 Å². The fraction of sp³-hybridized carbons (Fsp3) is 0.364. The first-order valence-corrected chi connectivity index (χ1v) is 11.0. The van der Waals surface area contributed by atoms with E-state index < -0.39 is 47.5 Å². The van der Waals surface area contributed by atoms with Crippen molar-refractivity contribution in [2.45, 2.75) is 31.6 Å². The van der Waals surface area contributed by atoms with E-state index in [1.807, 2.05) is 0 Å². The number of amides is 3. The molecule has 2 saturated heterocycles. The summed E-state index contributed by atoms with van der Waals surface area (Å²) in [5.41, 5.74) is -1.95. The predicted octanol–water partition coefficient (Wildman–Crippen LogP) is 3.54. The van der Waals surface area contributed by atoms with Gasteiger partial charge in [0.2, 0.25) is 11.8 Å². The number of hydrogen-bond acceptors (Lipinski definition) is 4. The summed E-state index contributed by atoms with van der Waals surface area (Å²) in [6, 6.07) is 4.66. The second-order valence-electron chi connectivity index (χ2n) is 8.32. The second kappa shape index (κ2) is 8.33. The van der Waals surface area contributed by atoms with Gasteiger partial charge in [-0.05, 0) is 46.6 Å². The minimum Gasteiger partial charge on any atom is -0.337 e. The SMILES string of the molecule is CC(=O)N1CC2(C1)C(=O)N(c1ncc(Br)cc1F)CC(=O)N2[C@@H](C)c1ccc(C(F)(F)F)cc1. The number of likely N-dealkylation sites (tertiary alicyclic amines) is 1. The molecule has 12 heteroatoms. The number of alkyl halides is 3. The van der Waals surface area contributed by atoms with Crippen LogP contribution in [0.2, 0.25) is 0 Å². The Kier molecular flexibility index (Phi) is 5.91. The molecule has 1 aromatic carbocycles. The number of piperazine rings is 1. The molecule has 180 valence electrons. The maximum Gasteiger partial charge on any atom is 0.416 e. The highest BCUT2D eigenvalue weighted by molar-refractivity contribution is 9.10. The van der Waals surface area contributed by atoms with E-state index in [9.17, 15) is 31.9 Å². The topological polar surface area (TPSA) is 73.8 Å². The zero-order valence-electron chi connectivity index (χ0n) is 18.1. The van der Waals surface area contributed by atoms with E-state index in [0.29, 0.717) is 10.0 Å². The highest BCUT2D eigenvalue weighted by Gasteiger charge is 2.62. The molecule has 0 unspecified atom stereocenters. The average Bonchev–Trinajstić information content (AvgIpc) is 2.72. The molecule has 3 heterocycles. The van der Waals surface area contributed by atoms with Crippen LogP contribution in [0.25, 0.3) is 0 Å². The Morgan fingerprint density at radius 1 is 1.18 bits per heavy atom. The zero-order valence-corrected chi connectivity index (χ0v) is 19.7. The van der Waals surface area contributed by atoms with Crippen molar-refractivity contribution in [3.63, 3.8) is 0 Å². The van der Waals surface area contributed by atoms with Gasteiger partial charge in [-0.15, -0.1) is 0 Å². The number of carbonyl (C=O) groups excluding carboxylic acids is 3. The summed E-state index contributed by atoms with van der Waals surface area (Å²) in [6.07, 6.45) is -3.22. The molecular weight excluding hydrogens is 524 g/mol. The van der Waals surface area contributed by atoms with Gasteiger partial charge in [-0.2, -0.15) is 13.2 Å². The van der Waals surface area contributed by atoms with Gasteiger partial charge in [0.25, 0.3) is 5.91 Å². The minimum atomic E-state index is -4.52. The summed E-state index contributed by atoms with van der Waals surface area (Å²) in [6.45, 7) is 2.18. The molecule has 1 aromatic heterocycles. The summed E-state index contributed by atoms with van der Waals surface area (Å²) < 4.78 is 53.8. The first kappa shape index (κ1) is 24.1. The van der Waals surface area contributed by atoms with Crippen LogP contribution in [0.3, 0.4) is 0 Å². The summed E-state index contributed by atoms with van der Waals surface area (Å²) in [5, 5.41) is 0. The third-order valence-electron chi connectivity index (χ3n) is 6.17. The number of rotatable bonds is 3. The van der Waals surface area contributed by atoms with Gasteiger partial charge in [0, 0.05) is 17.6 Å². The summed E-state index contributed by atoms with van der Waals surface area (Å²) in [4.78, 5) is 46.4. The molecule has 34 heavy (non-hydrogen) atoms. The number of halogens is 5. The Hall–Kier alpha value is -3.02. The molecule has 1 atom stereocenters.